The van der Waals surface area contributed by atoms with Crippen LogP contribution in [-0.2, 0) is 4.79 Å². The number of amides is 1. The average Bonchev–Trinajstić information content (AvgIpc) is 2.74. The summed E-state index contributed by atoms with van der Waals surface area (Å²) in [4.78, 5) is 11.8. The van der Waals surface area contributed by atoms with Crippen molar-refractivity contribution in [1.29, 1.82) is 0 Å². The second kappa shape index (κ2) is 8.00. The molecular formula is C14H27ClN2O. The summed E-state index contributed by atoms with van der Waals surface area (Å²) in [7, 11) is 0. The van der Waals surface area contributed by atoms with Gasteiger partial charge < -0.3 is 10.6 Å². The van der Waals surface area contributed by atoms with Gasteiger partial charge in [0.25, 0.3) is 0 Å². The fourth-order valence-corrected chi connectivity index (χ4v) is 2.94. The third-order valence-corrected chi connectivity index (χ3v) is 4.50. The molecule has 1 heterocycles. The second-order valence-electron chi connectivity index (χ2n) is 5.79. The molecule has 0 aromatic rings. The highest BCUT2D eigenvalue weighted by Crippen LogP contribution is 2.28. The first kappa shape index (κ1) is 15.8. The van der Waals surface area contributed by atoms with Crippen LogP contribution < -0.4 is 10.6 Å². The van der Waals surface area contributed by atoms with E-state index in [1.807, 2.05) is 0 Å². The second-order valence-corrected chi connectivity index (χ2v) is 5.79. The molecule has 1 saturated carbocycles. The Balaban J connectivity index is 0.00000162. The minimum Gasteiger partial charge on any atom is -0.356 e. The summed E-state index contributed by atoms with van der Waals surface area (Å²) in [6, 6.07) is 0. The van der Waals surface area contributed by atoms with Crippen LogP contribution in [0.25, 0.3) is 0 Å². The molecule has 2 aliphatic rings. The lowest BCUT2D eigenvalue weighted by atomic mass is 9.88. The highest BCUT2D eigenvalue weighted by atomic mass is 35.5. The van der Waals surface area contributed by atoms with Crippen LogP contribution in [0.4, 0.5) is 0 Å². The van der Waals surface area contributed by atoms with Crippen LogP contribution in [0, 0.1) is 17.8 Å². The molecule has 2 N–H and O–H groups in total. The fraction of sp³-hybridized carbons (Fsp3) is 0.929. The standard InChI is InChI=1S/C14H26N2O.ClH/c1-11(13-9-15-10-13)14(17)16-8-4-7-12-5-2-3-6-12;/h11-13,15H,2-10H2,1H3,(H,16,17);1H. The molecular weight excluding hydrogens is 248 g/mol. The summed E-state index contributed by atoms with van der Waals surface area (Å²) in [6.45, 7) is 4.95. The van der Waals surface area contributed by atoms with Crippen molar-refractivity contribution in [2.75, 3.05) is 19.6 Å². The summed E-state index contributed by atoms with van der Waals surface area (Å²) in [5, 5.41) is 6.31. The molecule has 0 radical (unpaired) electrons. The number of hydrogen-bond donors (Lipinski definition) is 2. The molecule has 1 saturated heterocycles. The summed E-state index contributed by atoms with van der Waals surface area (Å²) in [6.07, 6.45) is 8.13. The third kappa shape index (κ3) is 4.43. The maximum Gasteiger partial charge on any atom is 0.223 e. The number of halogens is 1. The Labute approximate surface area is 117 Å². The van der Waals surface area contributed by atoms with Crippen molar-refractivity contribution < 1.29 is 4.79 Å². The molecule has 1 aliphatic carbocycles. The van der Waals surface area contributed by atoms with E-state index in [-0.39, 0.29) is 24.2 Å². The summed E-state index contributed by atoms with van der Waals surface area (Å²) >= 11 is 0. The van der Waals surface area contributed by atoms with E-state index in [2.05, 4.69) is 17.6 Å². The van der Waals surface area contributed by atoms with Gasteiger partial charge in [-0.1, -0.05) is 32.6 Å². The molecule has 1 atom stereocenters. The van der Waals surface area contributed by atoms with Crippen molar-refractivity contribution in [2.24, 2.45) is 17.8 Å². The molecule has 0 aromatic heterocycles. The zero-order chi connectivity index (χ0) is 12.1. The van der Waals surface area contributed by atoms with E-state index in [1.54, 1.807) is 0 Å². The first-order valence-corrected chi connectivity index (χ1v) is 7.26. The van der Waals surface area contributed by atoms with Gasteiger partial charge in [0.05, 0.1) is 0 Å². The number of rotatable bonds is 6. The maximum absolute atomic E-state index is 11.8. The van der Waals surface area contributed by atoms with Crippen LogP contribution >= 0.6 is 12.4 Å². The van der Waals surface area contributed by atoms with E-state index < -0.39 is 0 Å². The minimum absolute atomic E-state index is 0. The molecule has 0 bridgehead atoms. The van der Waals surface area contributed by atoms with Gasteiger partial charge in [-0.05, 0) is 37.8 Å². The van der Waals surface area contributed by atoms with E-state index in [9.17, 15) is 4.79 Å². The Morgan fingerprint density at radius 1 is 1.33 bits per heavy atom. The van der Waals surface area contributed by atoms with E-state index in [1.165, 1.54) is 32.1 Å². The fourth-order valence-electron chi connectivity index (χ4n) is 2.94. The highest BCUT2D eigenvalue weighted by molar-refractivity contribution is 5.85. The summed E-state index contributed by atoms with van der Waals surface area (Å²) in [5.74, 6) is 1.94. The van der Waals surface area contributed by atoms with Gasteiger partial charge in [-0.2, -0.15) is 0 Å². The highest BCUT2D eigenvalue weighted by Gasteiger charge is 2.28. The van der Waals surface area contributed by atoms with E-state index in [0.29, 0.717) is 5.92 Å². The Bertz CT molecular complexity index is 250. The van der Waals surface area contributed by atoms with Crippen LogP contribution in [0.5, 0.6) is 0 Å². The van der Waals surface area contributed by atoms with Crippen LogP contribution in [0.2, 0.25) is 0 Å². The minimum atomic E-state index is 0. The quantitative estimate of drug-likeness (QED) is 0.730. The maximum atomic E-state index is 11.8. The molecule has 1 aliphatic heterocycles. The average molecular weight is 275 g/mol. The van der Waals surface area contributed by atoms with Crippen molar-refractivity contribution in [3.05, 3.63) is 0 Å². The molecule has 106 valence electrons. The van der Waals surface area contributed by atoms with Gasteiger partial charge in [-0.25, -0.2) is 0 Å². The zero-order valence-electron chi connectivity index (χ0n) is 11.4. The lowest BCUT2D eigenvalue weighted by molar-refractivity contribution is -0.126. The van der Waals surface area contributed by atoms with Crippen molar-refractivity contribution >= 4 is 18.3 Å². The molecule has 0 aromatic carbocycles. The number of hydrogen-bond acceptors (Lipinski definition) is 2. The van der Waals surface area contributed by atoms with Gasteiger partial charge >= 0.3 is 0 Å². The van der Waals surface area contributed by atoms with Gasteiger partial charge in [0.2, 0.25) is 5.91 Å². The first-order valence-electron chi connectivity index (χ1n) is 7.26. The van der Waals surface area contributed by atoms with Gasteiger partial charge in [0.15, 0.2) is 0 Å². The van der Waals surface area contributed by atoms with Gasteiger partial charge in [-0.3, -0.25) is 4.79 Å². The van der Waals surface area contributed by atoms with Crippen LogP contribution in [-0.4, -0.2) is 25.5 Å². The van der Waals surface area contributed by atoms with Gasteiger partial charge in [0.1, 0.15) is 0 Å². The Morgan fingerprint density at radius 3 is 2.56 bits per heavy atom. The van der Waals surface area contributed by atoms with Crippen molar-refractivity contribution in [1.82, 2.24) is 10.6 Å². The number of carbonyl (C=O) groups is 1. The van der Waals surface area contributed by atoms with Crippen LogP contribution in [0.15, 0.2) is 0 Å². The SMILES string of the molecule is CC(C(=O)NCCCC1CCCC1)C1CNC1.Cl. The Kier molecular flexibility index (Phi) is 7.02. The van der Waals surface area contributed by atoms with E-state index in [0.717, 1.165) is 32.0 Å². The Hall–Kier alpha value is -0.280. The summed E-state index contributed by atoms with van der Waals surface area (Å²) in [5.41, 5.74) is 0. The van der Waals surface area contributed by atoms with Gasteiger partial charge in [-0.15, -0.1) is 12.4 Å². The van der Waals surface area contributed by atoms with E-state index >= 15 is 0 Å². The lowest BCUT2D eigenvalue weighted by Gasteiger charge is -2.31. The summed E-state index contributed by atoms with van der Waals surface area (Å²) < 4.78 is 0. The van der Waals surface area contributed by atoms with E-state index in [4.69, 9.17) is 0 Å². The smallest absolute Gasteiger partial charge is 0.223 e. The third-order valence-electron chi connectivity index (χ3n) is 4.50. The molecule has 2 rings (SSSR count). The van der Waals surface area contributed by atoms with Gasteiger partial charge in [0, 0.05) is 12.5 Å². The molecule has 2 fully saturated rings. The number of nitrogens with one attached hydrogen (secondary N) is 2. The van der Waals surface area contributed by atoms with Crippen molar-refractivity contribution in [3.8, 4) is 0 Å². The molecule has 4 heteroatoms. The topological polar surface area (TPSA) is 41.1 Å². The molecule has 0 spiro atoms. The van der Waals surface area contributed by atoms with Crippen LogP contribution in [0.3, 0.4) is 0 Å². The zero-order valence-corrected chi connectivity index (χ0v) is 12.2. The lowest BCUT2D eigenvalue weighted by Crippen LogP contribution is -2.49. The van der Waals surface area contributed by atoms with Crippen LogP contribution in [0.1, 0.15) is 45.4 Å². The first-order chi connectivity index (χ1) is 8.27. The normalized spacial score (nSPS) is 22.1. The predicted molar refractivity (Wildman–Crippen MR) is 77.0 cm³/mol. The molecule has 1 amide bonds. The molecule has 18 heavy (non-hydrogen) atoms. The largest absolute Gasteiger partial charge is 0.356 e. The predicted octanol–water partition coefficient (Wildman–Crippen LogP) is 2.35. The number of carbonyl (C=O) groups excluding carboxylic acids is 1. The van der Waals surface area contributed by atoms with Crippen molar-refractivity contribution in [2.45, 2.75) is 45.4 Å². The molecule has 3 nitrogen and oxygen atoms in total. The Morgan fingerprint density at radius 2 is 2.00 bits per heavy atom. The monoisotopic (exact) mass is 274 g/mol. The molecule has 1 unspecified atom stereocenters. The van der Waals surface area contributed by atoms with Crippen molar-refractivity contribution in [3.63, 3.8) is 0 Å².